The Bertz CT molecular complexity index is 611. The van der Waals surface area contributed by atoms with E-state index in [0.717, 1.165) is 24.5 Å². The third-order valence-corrected chi connectivity index (χ3v) is 2.76. The van der Waals surface area contributed by atoms with Gasteiger partial charge in [0.15, 0.2) is 5.76 Å². The fourth-order valence-corrected chi connectivity index (χ4v) is 1.82. The Balaban J connectivity index is 2.58. The summed E-state index contributed by atoms with van der Waals surface area (Å²) in [5.41, 5.74) is -2.36. The van der Waals surface area contributed by atoms with E-state index in [9.17, 15) is 18.7 Å². The maximum Gasteiger partial charge on any atom is 0.339 e. The number of aliphatic hydroxyl groups is 1. The quantitative estimate of drug-likeness (QED) is 0.897. The van der Waals surface area contributed by atoms with E-state index < -0.39 is 23.2 Å². The number of benzene rings is 1. The van der Waals surface area contributed by atoms with E-state index >= 15 is 0 Å². The van der Waals surface area contributed by atoms with Gasteiger partial charge in [-0.05, 0) is 30.7 Å². The summed E-state index contributed by atoms with van der Waals surface area (Å²) in [4.78, 5) is 11.0. The molecule has 6 heteroatoms. The van der Waals surface area contributed by atoms with E-state index in [0.29, 0.717) is 6.07 Å². The smallest absolute Gasteiger partial charge is 0.339 e. The van der Waals surface area contributed by atoms with E-state index in [1.54, 1.807) is 0 Å². The van der Waals surface area contributed by atoms with Crippen LogP contribution >= 0.6 is 0 Å². The van der Waals surface area contributed by atoms with E-state index in [2.05, 4.69) is 0 Å². The first kappa shape index (κ1) is 13.2. The van der Waals surface area contributed by atoms with Crippen molar-refractivity contribution in [1.29, 1.82) is 0 Å². The highest BCUT2D eigenvalue weighted by Crippen LogP contribution is 2.33. The number of hydrogen-bond acceptors (Lipinski definition) is 3. The van der Waals surface area contributed by atoms with Gasteiger partial charge in [0.1, 0.15) is 22.8 Å². The topological polar surface area (TPSA) is 70.7 Å². The molecule has 0 saturated heterocycles. The fraction of sp³-hybridized carbons (Fsp3) is 0.154. The van der Waals surface area contributed by atoms with Crippen LogP contribution in [0.25, 0.3) is 0 Å². The van der Waals surface area contributed by atoms with Crippen LogP contribution in [0.2, 0.25) is 0 Å². The molecule has 100 valence electrons. The zero-order valence-corrected chi connectivity index (χ0v) is 9.85. The number of carboxylic acid groups (broad SMARTS) is 1. The number of carbonyl (C=O) groups is 1. The Morgan fingerprint density at radius 3 is 2.37 bits per heavy atom. The molecule has 0 spiro atoms. The minimum Gasteiger partial charge on any atom is -0.478 e. The molecule has 0 bridgehead atoms. The second-order valence-electron chi connectivity index (χ2n) is 4.20. The van der Waals surface area contributed by atoms with Crippen molar-refractivity contribution in [3.05, 3.63) is 59.1 Å². The Hall–Kier alpha value is -2.21. The van der Waals surface area contributed by atoms with Crippen LogP contribution in [-0.4, -0.2) is 16.2 Å². The van der Waals surface area contributed by atoms with Crippen LogP contribution in [0, 0.1) is 11.6 Å². The van der Waals surface area contributed by atoms with Crippen LogP contribution in [0.5, 0.6) is 0 Å². The summed E-state index contributed by atoms with van der Waals surface area (Å²) in [7, 11) is 0. The minimum absolute atomic E-state index is 0.137. The SMILES string of the molecule is CC(O)(c1cc(F)cc(F)c1)c1occc1C(=O)O. The lowest BCUT2D eigenvalue weighted by Crippen LogP contribution is -2.25. The Morgan fingerprint density at radius 2 is 1.84 bits per heavy atom. The summed E-state index contributed by atoms with van der Waals surface area (Å²) in [5.74, 6) is -3.34. The maximum absolute atomic E-state index is 13.2. The van der Waals surface area contributed by atoms with Crippen molar-refractivity contribution in [1.82, 2.24) is 0 Å². The van der Waals surface area contributed by atoms with Gasteiger partial charge < -0.3 is 14.6 Å². The molecular weight excluding hydrogens is 258 g/mol. The van der Waals surface area contributed by atoms with Crippen LogP contribution in [0.4, 0.5) is 8.78 Å². The van der Waals surface area contributed by atoms with Gasteiger partial charge in [-0.15, -0.1) is 0 Å². The van der Waals surface area contributed by atoms with Gasteiger partial charge in [0, 0.05) is 6.07 Å². The standard InChI is InChI=1S/C13H10F2O4/c1-13(18,7-4-8(14)6-9(15)5-7)11-10(12(16)17)2-3-19-11/h2-6,18H,1H3,(H,16,17). The average molecular weight is 268 g/mol. The molecule has 0 aliphatic heterocycles. The number of halogens is 2. The lowest BCUT2D eigenvalue weighted by molar-refractivity contribution is 0.0613. The normalized spacial score (nSPS) is 14.1. The Morgan fingerprint density at radius 1 is 1.26 bits per heavy atom. The van der Waals surface area contributed by atoms with Gasteiger partial charge in [0.2, 0.25) is 0 Å². The zero-order valence-electron chi connectivity index (χ0n) is 9.85. The van der Waals surface area contributed by atoms with Gasteiger partial charge in [-0.1, -0.05) is 0 Å². The Labute approximate surface area is 106 Å². The summed E-state index contributed by atoms with van der Waals surface area (Å²) in [6, 6.07) is 3.63. The molecule has 2 N–H and O–H groups in total. The molecule has 19 heavy (non-hydrogen) atoms. The summed E-state index contributed by atoms with van der Waals surface area (Å²) in [6.07, 6.45) is 1.09. The molecular formula is C13H10F2O4. The molecule has 2 aromatic rings. The van der Waals surface area contributed by atoms with Gasteiger partial charge in [0.25, 0.3) is 0 Å². The number of carboxylic acids is 1. The van der Waals surface area contributed by atoms with Crippen molar-refractivity contribution in [2.24, 2.45) is 0 Å². The second-order valence-corrected chi connectivity index (χ2v) is 4.20. The van der Waals surface area contributed by atoms with Crippen LogP contribution in [0.15, 0.2) is 34.9 Å². The van der Waals surface area contributed by atoms with Crippen LogP contribution in [0.1, 0.15) is 28.6 Å². The molecule has 0 fully saturated rings. The van der Waals surface area contributed by atoms with Gasteiger partial charge in [-0.2, -0.15) is 0 Å². The maximum atomic E-state index is 13.2. The molecule has 4 nitrogen and oxygen atoms in total. The van der Waals surface area contributed by atoms with E-state index in [1.165, 1.54) is 6.92 Å². The van der Waals surface area contributed by atoms with E-state index in [-0.39, 0.29) is 16.9 Å². The highest BCUT2D eigenvalue weighted by atomic mass is 19.1. The van der Waals surface area contributed by atoms with Gasteiger partial charge in [-0.25, -0.2) is 13.6 Å². The lowest BCUT2D eigenvalue weighted by Gasteiger charge is -2.22. The molecule has 0 radical (unpaired) electrons. The molecule has 1 atom stereocenters. The molecule has 1 unspecified atom stereocenters. The first-order valence-electron chi connectivity index (χ1n) is 5.32. The zero-order chi connectivity index (χ0) is 14.2. The highest BCUT2D eigenvalue weighted by molar-refractivity contribution is 5.89. The number of rotatable bonds is 3. The van der Waals surface area contributed by atoms with Crippen molar-refractivity contribution in [3.63, 3.8) is 0 Å². The monoisotopic (exact) mass is 268 g/mol. The molecule has 1 aromatic carbocycles. The molecule has 1 aromatic heterocycles. The predicted octanol–water partition coefficient (Wildman–Crippen LogP) is 2.51. The van der Waals surface area contributed by atoms with Crippen LogP contribution < -0.4 is 0 Å². The van der Waals surface area contributed by atoms with Gasteiger partial charge in [0.05, 0.1) is 6.26 Å². The minimum atomic E-state index is -1.96. The van der Waals surface area contributed by atoms with Crippen molar-refractivity contribution in [2.45, 2.75) is 12.5 Å². The van der Waals surface area contributed by atoms with E-state index in [1.807, 2.05) is 0 Å². The number of aromatic carboxylic acids is 1. The van der Waals surface area contributed by atoms with Crippen molar-refractivity contribution >= 4 is 5.97 Å². The lowest BCUT2D eigenvalue weighted by atomic mass is 9.91. The fourth-order valence-electron chi connectivity index (χ4n) is 1.82. The third kappa shape index (κ3) is 2.34. The second kappa shape index (κ2) is 4.47. The van der Waals surface area contributed by atoms with Crippen LogP contribution in [0.3, 0.4) is 0 Å². The van der Waals surface area contributed by atoms with Crippen molar-refractivity contribution in [3.8, 4) is 0 Å². The van der Waals surface area contributed by atoms with Gasteiger partial charge in [-0.3, -0.25) is 0 Å². The molecule has 2 rings (SSSR count). The van der Waals surface area contributed by atoms with Gasteiger partial charge >= 0.3 is 5.97 Å². The molecule has 0 saturated carbocycles. The predicted molar refractivity (Wildman–Crippen MR) is 60.7 cm³/mol. The first-order valence-corrected chi connectivity index (χ1v) is 5.32. The van der Waals surface area contributed by atoms with Crippen molar-refractivity contribution in [2.75, 3.05) is 0 Å². The third-order valence-electron chi connectivity index (χ3n) is 2.76. The summed E-state index contributed by atoms with van der Waals surface area (Å²) in [6.45, 7) is 1.20. The largest absolute Gasteiger partial charge is 0.478 e. The van der Waals surface area contributed by atoms with Crippen molar-refractivity contribution < 1.29 is 28.2 Å². The number of hydrogen-bond donors (Lipinski definition) is 2. The number of furan rings is 1. The first-order chi connectivity index (χ1) is 8.82. The molecule has 1 heterocycles. The van der Waals surface area contributed by atoms with Crippen LogP contribution in [-0.2, 0) is 5.60 Å². The molecule has 0 aliphatic rings. The summed E-state index contributed by atoms with van der Waals surface area (Å²) in [5, 5.41) is 19.3. The highest BCUT2D eigenvalue weighted by Gasteiger charge is 2.34. The Kier molecular flexibility index (Phi) is 3.11. The summed E-state index contributed by atoms with van der Waals surface area (Å²) >= 11 is 0. The molecule has 0 aliphatic carbocycles. The van der Waals surface area contributed by atoms with E-state index in [4.69, 9.17) is 9.52 Å². The average Bonchev–Trinajstić information content (AvgIpc) is 2.76. The molecule has 0 amide bonds. The summed E-state index contributed by atoms with van der Waals surface area (Å²) < 4.78 is 31.3.